The number of hydrogen-bond acceptors (Lipinski definition) is 4. The molecule has 1 aromatic carbocycles. The summed E-state index contributed by atoms with van der Waals surface area (Å²) in [5, 5.41) is 2.89. The van der Waals surface area contributed by atoms with Crippen molar-refractivity contribution in [2.75, 3.05) is 31.5 Å². The maximum atomic E-state index is 13.2. The average Bonchev–Trinajstić information content (AvgIpc) is 3.32. The van der Waals surface area contributed by atoms with Gasteiger partial charge < -0.3 is 15.2 Å². The zero-order valence-corrected chi connectivity index (χ0v) is 19.2. The van der Waals surface area contributed by atoms with Crippen LogP contribution in [-0.2, 0) is 14.8 Å². The van der Waals surface area contributed by atoms with Gasteiger partial charge in [0.25, 0.3) is 5.91 Å². The van der Waals surface area contributed by atoms with Gasteiger partial charge in [0, 0.05) is 38.1 Å². The Bertz CT molecular complexity index is 1070. The van der Waals surface area contributed by atoms with Crippen LogP contribution in [0.1, 0.15) is 48.2 Å². The minimum absolute atomic E-state index is 0.0671. The van der Waals surface area contributed by atoms with Crippen molar-refractivity contribution in [3.8, 4) is 0 Å². The van der Waals surface area contributed by atoms with Crippen LogP contribution >= 0.6 is 0 Å². The van der Waals surface area contributed by atoms with Crippen LogP contribution in [-0.4, -0.2) is 60.6 Å². The molecule has 2 N–H and O–H groups in total. The van der Waals surface area contributed by atoms with Crippen molar-refractivity contribution in [3.63, 3.8) is 0 Å². The maximum Gasteiger partial charge on any atom is 0.270 e. The fraction of sp³-hybridized carbons (Fsp3) is 0.478. The predicted molar refractivity (Wildman–Crippen MR) is 122 cm³/mol. The van der Waals surface area contributed by atoms with Crippen molar-refractivity contribution in [1.29, 1.82) is 0 Å². The zero-order valence-electron chi connectivity index (χ0n) is 18.3. The van der Waals surface area contributed by atoms with Crippen LogP contribution < -0.4 is 5.32 Å². The SMILES string of the molecule is Cc1ccc(NC(=O)C2CCCN(S(=O)(=O)c3c[nH]c(C(=O)N4CCCCC4)c3)C2)cc1. The van der Waals surface area contributed by atoms with E-state index in [0.29, 0.717) is 38.2 Å². The molecular formula is C23H30N4O4S. The number of aromatic amines is 1. The number of aryl methyl sites for hydroxylation is 1. The number of amides is 2. The number of sulfonamides is 1. The van der Waals surface area contributed by atoms with Gasteiger partial charge in [0.15, 0.2) is 0 Å². The van der Waals surface area contributed by atoms with Gasteiger partial charge in [-0.15, -0.1) is 0 Å². The van der Waals surface area contributed by atoms with E-state index in [1.807, 2.05) is 31.2 Å². The summed E-state index contributed by atoms with van der Waals surface area (Å²) in [6.45, 7) is 3.85. The van der Waals surface area contributed by atoms with E-state index in [2.05, 4.69) is 10.3 Å². The van der Waals surface area contributed by atoms with Crippen LogP contribution in [0.5, 0.6) is 0 Å². The molecule has 32 heavy (non-hydrogen) atoms. The Labute approximate surface area is 189 Å². The molecule has 0 bridgehead atoms. The summed E-state index contributed by atoms with van der Waals surface area (Å²) >= 11 is 0. The van der Waals surface area contributed by atoms with Gasteiger partial charge in [0.2, 0.25) is 15.9 Å². The number of aromatic nitrogens is 1. The lowest BCUT2D eigenvalue weighted by atomic mass is 9.98. The number of hydrogen-bond donors (Lipinski definition) is 2. The van der Waals surface area contributed by atoms with E-state index in [0.717, 1.165) is 24.8 Å². The van der Waals surface area contributed by atoms with Gasteiger partial charge in [0.05, 0.1) is 5.92 Å². The topological polar surface area (TPSA) is 103 Å². The number of piperidine rings is 2. The van der Waals surface area contributed by atoms with Crippen LogP contribution in [0.2, 0.25) is 0 Å². The molecule has 172 valence electrons. The fourth-order valence-electron chi connectivity index (χ4n) is 4.32. The first-order chi connectivity index (χ1) is 15.3. The zero-order chi connectivity index (χ0) is 22.7. The Kier molecular flexibility index (Phi) is 6.66. The quantitative estimate of drug-likeness (QED) is 0.719. The highest BCUT2D eigenvalue weighted by atomic mass is 32.2. The van der Waals surface area contributed by atoms with Crippen molar-refractivity contribution < 1.29 is 18.0 Å². The van der Waals surface area contributed by atoms with Gasteiger partial charge >= 0.3 is 0 Å². The Morgan fingerprint density at radius 1 is 1.03 bits per heavy atom. The summed E-state index contributed by atoms with van der Waals surface area (Å²) in [4.78, 5) is 30.1. The van der Waals surface area contributed by atoms with Crippen molar-refractivity contribution in [2.45, 2.75) is 43.9 Å². The molecule has 2 aliphatic rings. The Morgan fingerprint density at radius 3 is 2.47 bits per heavy atom. The number of H-pyrrole nitrogens is 1. The van der Waals surface area contributed by atoms with E-state index in [1.54, 1.807) is 4.90 Å². The summed E-state index contributed by atoms with van der Waals surface area (Å²) in [7, 11) is -3.80. The molecule has 2 amide bonds. The lowest BCUT2D eigenvalue weighted by Crippen LogP contribution is -2.43. The summed E-state index contributed by atoms with van der Waals surface area (Å²) in [5.74, 6) is -0.767. The molecule has 0 aliphatic carbocycles. The van der Waals surface area contributed by atoms with Crippen molar-refractivity contribution in [1.82, 2.24) is 14.2 Å². The van der Waals surface area contributed by atoms with Gasteiger partial charge in [-0.05, 0) is 57.2 Å². The van der Waals surface area contributed by atoms with E-state index in [4.69, 9.17) is 0 Å². The normalized spacial score (nSPS) is 20.2. The highest BCUT2D eigenvalue weighted by Crippen LogP contribution is 2.26. The van der Waals surface area contributed by atoms with E-state index in [1.165, 1.54) is 16.6 Å². The molecule has 2 aliphatic heterocycles. The molecule has 1 unspecified atom stereocenters. The average molecular weight is 459 g/mol. The highest BCUT2D eigenvalue weighted by Gasteiger charge is 2.34. The molecule has 0 radical (unpaired) electrons. The van der Waals surface area contributed by atoms with Gasteiger partial charge in [0.1, 0.15) is 10.6 Å². The number of carbonyl (C=O) groups is 2. The maximum absolute atomic E-state index is 13.2. The third kappa shape index (κ3) is 4.88. The van der Waals surface area contributed by atoms with Gasteiger partial charge in [-0.25, -0.2) is 8.42 Å². The van der Waals surface area contributed by atoms with Gasteiger partial charge in [-0.3, -0.25) is 9.59 Å². The first-order valence-electron chi connectivity index (χ1n) is 11.2. The molecule has 2 saturated heterocycles. The summed E-state index contributed by atoms with van der Waals surface area (Å²) < 4.78 is 27.8. The summed E-state index contributed by atoms with van der Waals surface area (Å²) in [5.41, 5.74) is 2.09. The molecule has 8 nitrogen and oxygen atoms in total. The number of nitrogens with one attached hydrogen (secondary N) is 2. The van der Waals surface area contributed by atoms with Crippen molar-refractivity contribution in [2.24, 2.45) is 5.92 Å². The van der Waals surface area contributed by atoms with E-state index in [-0.39, 0.29) is 28.9 Å². The number of likely N-dealkylation sites (tertiary alicyclic amines) is 1. The van der Waals surface area contributed by atoms with E-state index in [9.17, 15) is 18.0 Å². The molecule has 3 heterocycles. The van der Waals surface area contributed by atoms with Crippen LogP contribution in [0.15, 0.2) is 41.4 Å². The first kappa shape index (κ1) is 22.5. The minimum Gasteiger partial charge on any atom is -0.356 e. The summed E-state index contributed by atoms with van der Waals surface area (Å²) in [6, 6.07) is 8.93. The number of rotatable bonds is 5. The van der Waals surface area contributed by atoms with E-state index >= 15 is 0 Å². The third-order valence-electron chi connectivity index (χ3n) is 6.24. The van der Waals surface area contributed by atoms with Gasteiger partial charge in [-0.2, -0.15) is 4.31 Å². The van der Waals surface area contributed by atoms with Crippen molar-refractivity contribution in [3.05, 3.63) is 47.8 Å². The van der Waals surface area contributed by atoms with Crippen LogP contribution in [0.4, 0.5) is 5.69 Å². The number of anilines is 1. The largest absolute Gasteiger partial charge is 0.356 e. The third-order valence-corrected chi connectivity index (χ3v) is 8.08. The summed E-state index contributed by atoms with van der Waals surface area (Å²) in [6.07, 6.45) is 5.67. The molecule has 1 aromatic heterocycles. The standard InChI is InChI=1S/C23H30N4O4S/c1-17-7-9-19(10-8-17)25-22(28)18-6-5-13-27(16-18)32(30,31)20-14-21(24-15-20)23(29)26-11-3-2-4-12-26/h7-10,14-15,18,24H,2-6,11-13,16H2,1H3,(H,25,28). The Morgan fingerprint density at radius 2 is 1.75 bits per heavy atom. The first-order valence-corrected chi connectivity index (χ1v) is 12.6. The number of nitrogens with zero attached hydrogens (tertiary/aromatic N) is 2. The molecule has 1 atom stereocenters. The minimum atomic E-state index is -3.80. The molecule has 2 fully saturated rings. The van der Waals surface area contributed by atoms with Crippen molar-refractivity contribution >= 4 is 27.5 Å². The molecule has 4 rings (SSSR count). The molecule has 0 saturated carbocycles. The van der Waals surface area contributed by atoms with Crippen LogP contribution in [0.3, 0.4) is 0 Å². The molecule has 9 heteroatoms. The van der Waals surface area contributed by atoms with E-state index < -0.39 is 15.9 Å². The second-order valence-corrected chi connectivity index (χ2v) is 10.6. The second-order valence-electron chi connectivity index (χ2n) is 8.66. The predicted octanol–water partition coefficient (Wildman–Crippen LogP) is 2.99. The number of carbonyl (C=O) groups excluding carboxylic acids is 2. The monoisotopic (exact) mass is 458 g/mol. The highest BCUT2D eigenvalue weighted by molar-refractivity contribution is 7.89. The smallest absolute Gasteiger partial charge is 0.270 e. The Hall–Kier alpha value is -2.65. The van der Waals surface area contributed by atoms with Crippen LogP contribution in [0, 0.1) is 12.8 Å². The van der Waals surface area contributed by atoms with Gasteiger partial charge in [-0.1, -0.05) is 17.7 Å². The lowest BCUT2D eigenvalue weighted by molar-refractivity contribution is -0.120. The second kappa shape index (κ2) is 9.46. The fourth-order valence-corrected chi connectivity index (χ4v) is 5.84. The molecule has 0 spiro atoms. The lowest BCUT2D eigenvalue weighted by Gasteiger charge is -2.31. The van der Waals surface area contributed by atoms with Crippen LogP contribution in [0.25, 0.3) is 0 Å². The molecule has 2 aromatic rings. The molecular weight excluding hydrogens is 428 g/mol. The Balaban J connectivity index is 1.43. The number of benzene rings is 1.